The second kappa shape index (κ2) is 26.5. The zero-order chi connectivity index (χ0) is 37.2. The SMILES string of the molecule is CC/N=C/CC/C=C/C=C/c1ccc(N(C)CCCN(CC)CCSSCCN(C)CCCN(C)c2ccc(/C=C/c3cccc[n+]3C)cc2)cc1. The van der Waals surface area contributed by atoms with Gasteiger partial charge in [0.15, 0.2) is 6.20 Å². The molecule has 0 spiro atoms. The first-order chi connectivity index (χ1) is 25.4. The zero-order valence-corrected chi connectivity index (χ0v) is 34.5. The molecule has 1 heterocycles. The minimum Gasteiger partial charge on any atom is -0.375 e. The van der Waals surface area contributed by atoms with Crippen LogP contribution in [-0.4, -0.2) is 101 Å². The quantitative estimate of drug-likeness (QED) is 0.0268. The highest BCUT2D eigenvalue weighted by atomic mass is 33.1. The van der Waals surface area contributed by atoms with Crippen LogP contribution in [0.1, 0.15) is 56.4 Å². The number of allylic oxidation sites excluding steroid dienone is 3. The standard InChI is InChI=1S/C44H65N6S2/c1-7-45-30-14-11-9-10-12-18-40-20-26-43(27-21-40)49(6)34-17-35-50(8-2)37-39-52-51-38-36-46(3)31-16-33-48(5)44-28-23-41(24-29-44)22-25-42-19-13-15-32-47(42)4/h9-10,12-13,15,18-30,32H,7-8,11,14,16-17,31,33-39H2,1-6H3/q+1/b10-9+,18-12+,45-30+. The first-order valence-corrected chi connectivity index (χ1v) is 21.6. The van der Waals surface area contributed by atoms with Crippen molar-refractivity contribution in [2.75, 3.05) is 94.8 Å². The molecule has 0 aliphatic rings. The van der Waals surface area contributed by atoms with Crippen molar-refractivity contribution in [3.05, 3.63) is 108 Å². The third kappa shape index (κ3) is 18.0. The third-order valence-electron chi connectivity index (χ3n) is 9.10. The van der Waals surface area contributed by atoms with Gasteiger partial charge in [0.05, 0.1) is 0 Å². The summed E-state index contributed by atoms with van der Waals surface area (Å²) < 4.78 is 2.13. The van der Waals surface area contributed by atoms with Crippen LogP contribution in [0.4, 0.5) is 11.4 Å². The Morgan fingerprint density at radius 2 is 1.29 bits per heavy atom. The van der Waals surface area contributed by atoms with Crippen molar-refractivity contribution < 1.29 is 4.57 Å². The van der Waals surface area contributed by atoms with Gasteiger partial charge in [0, 0.05) is 87.9 Å². The molecule has 282 valence electrons. The van der Waals surface area contributed by atoms with Gasteiger partial charge in [-0.1, -0.05) is 77.1 Å². The Bertz CT molecular complexity index is 1490. The second-order valence-corrected chi connectivity index (χ2v) is 15.9. The number of aliphatic imine (C=N–C) groups is 1. The van der Waals surface area contributed by atoms with Crippen molar-refractivity contribution in [1.82, 2.24) is 9.80 Å². The van der Waals surface area contributed by atoms with E-state index in [0.29, 0.717) is 0 Å². The van der Waals surface area contributed by atoms with Crippen LogP contribution in [0.25, 0.3) is 18.2 Å². The van der Waals surface area contributed by atoms with Gasteiger partial charge in [-0.15, -0.1) is 0 Å². The number of aryl methyl sites for hydroxylation is 1. The largest absolute Gasteiger partial charge is 0.375 e. The topological polar surface area (TPSA) is 29.2 Å². The number of pyridine rings is 1. The summed E-state index contributed by atoms with van der Waals surface area (Å²) >= 11 is 0. The lowest BCUT2D eigenvalue weighted by Crippen LogP contribution is -2.30. The Labute approximate surface area is 324 Å². The van der Waals surface area contributed by atoms with Crippen LogP contribution in [-0.2, 0) is 7.05 Å². The minimum absolute atomic E-state index is 0.871. The summed E-state index contributed by atoms with van der Waals surface area (Å²) in [6, 6.07) is 24.0. The maximum atomic E-state index is 4.25. The van der Waals surface area contributed by atoms with Crippen molar-refractivity contribution in [1.29, 1.82) is 0 Å². The van der Waals surface area contributed by atoms with Crippen LogP contribution in [0, 0.1) is 0 Å². The number of anilines is 2. The Kier molecular flexibility index (Phi) is 21.9. The van der Waals surface area contributed by atoms with E-state index >= 15 is 0 Å². The van der Waals surface area contributed by atoms with Gasteiger partial charge in [0.2, 0.25) is 5.69 Å². The van der Waals surface area contributed by atoms with Crippen molar-refractivity contribution in [2.45, 2.75) is 39.5 Å². The number of nitrogens with zero attached hydrogens (tertiary/aromatic N) is 6. The molecule has 0 unspecified atom stereocenters. The second-order valence-electron chi connectivity index (χ2n) is 13.2. The lowest BCUT2D eigenvalue weighted by atomic mass is 10.1. The van der Waals surface area contributed by atoms with Crippen molar-refractivity contribution in [3.63, 3.8) is 0 Å². The fraction of sp³-hybridized carbons (Fsp3) is 0.455. The Morgan fingerprint density at radius 3 is 1.92 bits per heavy atom. The van der Waals surface area contributed by atoms with Crippen LogP contribution in [0.5, 0.6) is 0 Å². The van der Waals surface area contributed by atoms with Crippen LogP contribution in [0.3, 0.4) is 0 Å². The predicted molar refractivity (Wildman–Crippen MR) is 236 cm³/mol. The van der Waals surface area contributed by atoms with Crippen LogP contribution in [0.2, 0.25) is 0 Å². The maximum Gasteiger partial charge on any atom is 0.204 e. The molecule has 0 aliphatic heterocycles. The molecule has 2 aromatic carbocycles. The normalized spacial score (nSPS) is 12.2. The van der Waals surface area contributed by atoms with Gasteiger partial charge in [0.1, 0.15) is 7.05 Å². The van der Waals surface area contributed by atoms with E-state index < -0.39 is 0 Å². The summed E-state index contributed by atoms with van der Waals surface area (Å²) in [7, 11) is 12.8. The van der Waals surface area contributed by atoms with Gasteiger partial charge >= 0.3 is 0 Å². The summed E-state index contributed by atoms with van der Waals surface area (Å²) in [6.07, 6.45) is 21.4. The van der Waals surface area contributed by atoms with E-state index in [4.69, 9.17) is 0 Å². The molecule has 3 aromatic rings. The van der Waals surface area contributed by atoms with E-state index in [-0.39, 0.29) is 0 Å². The molecule has 0 saturated heterocycles. The van der Waals surface area contributed by atoms with E-state index in [1.54, 1.807) is 0 Å². The van der Waals surface area contributed by atoms with Crippen molar-refractivity contribution in [3.8, 4) is 0 Å². The summed E-state index contributed by atoms with van der Waals surface area (Å²) in [6.45, 7) is 13.0. The first kappa shape index (κ1) is 43.1. The van der Waals surface area contributed by atoms with E-state index in [2.05, 4.69) is 181 Å². The lowest BCUT2D eigenvalue weighted by molar-refractivity contribution is -0.673. The molecule has 3 rings (SSSR count). The average molecular weight is 742 g/mol. The van der Waals surface area contributed by atoms with Gasteiger partial charge in [-0.25, -0.2) is 4.57 Å². The van der Waals surface area contributed by atoms with E-state index in [1.165, 1.54) is 46.1 Å². The van der Waals surface area contributed by atoms with Crippen LogP contribution >= 0.6 is 21.6 Å². The molecule has 0 atom stereocenters. The molecule has 1 aromatic heterocycles. The smallest absolute Gasteiger partial charge is 0.204 e. The first-order valence-electron chi connectivity index (χ1n) is 19.1. The van der Waals surface area contributed by atoms with Crippen LogP contribution in [0.15, 0.2) is 96.1 Å². The molecule has 0 saturated carbocycles. The molecule has 0 N–H and O–H groups in total. The Morgan fingerprint density at radius 1 is 0.654 bits per heavy atom. The fourth-order valence-corrected chi connectivity index (χ4v) is 7.80. The predicted octanol–water partition coefficient (Wildman–Crippen LogP) is 9.11. The molecule has 0 fully saturated rings. The van der Waals surface area contributed by atoms with Crippen molar-refractivity contribution >= 4 is 57.4 Å². The monoisotopic (exact) mass is 741 g/mol. The highest BCUT2D eigenvalue weighted by molar-refractivity contribution is 8.76. The number of rotatable bonds is 26. The van der Waals surface area contributed by atoms with Gasteiger partial charge < -0.3 is 19.6 Å². The highest BCUT2D eigenvalue weighted by Gasteiger charge is 2.07. The number of hydrogen-bond donors (Lipinski definition) is 0. The number of aromatic nitrogens is 1. The minimum atomic E-state index is 0.871. The van der Waals surface area contributed by atoms with E-state index in [0.717, 1.165) is 71.6 Å². The molecular formula is C44H65N6S2+. The molecule has 0 radical (unpaired) electrons. The van der Waals surface area contributed by atoms with Crippen molar-refractivity contribution in [2.24, 2.45) is 12.0 Å². The van der Waals surface area contributed by atoms with E-state index in [1.807, 2.05) is 27.8 Å². The van der Waals surface area contributed by atoms with Gasteiger partial charge in [-0.3, -0.25) is 4.99 Å². The zero-order valence-electron chi connectivity index (χ0n) is 32.9. The number of unbranched alkanes of at least 4 members (excludes halogenated alkanes) is 1. The molecule has 0 bridgehead atoms. The molecule has 52 heavy (non-hydrogen) atoms. The van der Waals surface area contributed by atoms with Crippen LogP contribution < -0.4 is 14.4 Å². The molecule has 0 amide bonds. The summed E-state index contributed by atoms with van der Waals surface area (Å²) in [5.41, 5.74) is 6.19. The molecule has 0 aliphatic carbocycles. The molecule has 8 heteroatoms. The van der Waals surface area contributed by atoms with Gasteiger partial charge in [-0.2, -0.15) is 0 Å². The molecule has 6 nitrogen and oxygen atoms in total. The number of hydrogen-bond acceptors (Lipinski definition) is 7. The molecular weight excluding hydrogens is 677 g/mol. The number of benzene rings is 2. The fourth-order valence-electron chi connectivity index (χ4n) is 5.69. The van der Waals surface area contributed by atoms with Gasteiger partial charge in [-0.05, 0) is 113 Å². The Balaban J connectivity index is 1.21. The third-order valence-corrected chi connectivity index (χ3v) is 11.5. The summed E-state index contributed by atoms with van der Waals surface area (Å²) in [5.74, 6) is 2.35. The van der Waals surface area contributed by atoms with Gasteiger partial charge in [0.25, 0.3) is 0 Å². The maximum absolute atomic E-state index is 4.25. The summed E-state index contributed by atoms with van der Waals surface area (Å²) in [5, 5.41) is 0. The van der Waals surface area contributed by atoms with E-state index in [9.17, 15) is 0 Å². The average Bonchev–Trinajstić information content (AvgIpc) is 3.16. The Hall–Kier alpha value is -3.30. The lowest BCUT2D eigenvalue weighted by Gasteiger charge is -2.24. The summed E-state index contributed by atoms with van der Waals surface area (Å²) in [4.78, 5) is 14.1. The highest BCUT2D eigenvalue weighted by Crippen LogP contribution is 2.21.